The molecule has 1 atom stereocenters. The molecule has 35 heavy (non-hydrogen) atoms. The van der Waals surface area contributed by atoms with Gasteiger partial charge in [-0.3, -0.25) is 19.5 Å². The van der Waals surface area contributed by atoms with Crippen molar-refractivity contribution >= 4 is 16.8 Å². The molecule has 2 aromatic heterocycles. The number of piperidine rings is 2. The van der Waals surface area contributed by atoms with E-state index in [9.17, 15) is 14.7 Å². The van der Waals surface area contributed by atoms with Crippen molar-refractivity contribution in [1.29, 1.82) is 0 Å². The van der Waals surface area contributed by atoms with E-state index in [1.807, 2.05) is 24.3 Å². The number of benzene rings is 1. The van der Waals surface area contributed by atoms with Gasteiger partial charge in [0.25, 0.3) is 11.5 Å². The van der Waals surface area contributed by atoms with Crippen LogP contribution in [-0.2, 0) is 6.54 Å². The second-order valence-corrected chi connectivity index (χ2v) is 10.5. The summed E-state index contributed by atoms with van der Waals surface area (Å²) in [5.41, 5.74) is 0.597. The minimum absolute atomic E-state index is 0.146. The first kappa shape index (κ1) is 22.3. The topological polar surface area (TPSA) is 87.5 Å². The highest BCUT2D eigenvalue weighted by Gasteiger charge is 2.49. The van der Waals surface area contributed by atoms with Gasteiger partial charge in [0, 0.05) is 23.7 Å². The Morgan fingerprint density at radius 1 is 1.06 bits per heavy atom. The van der Waals surface area contributed by atoms with Crippen LogP contribution in [0.15, 0.2) is 53.5 Å². The molecular formula is C28H32N4O3. The number of nitrogens with one attached hydrogen (secondary N) is 1. The van der Waals surface area contributed by atoms with Crippen molar-refractivity contribution in [2.24, 2.45) is 11.8 Å². The van der Waals surface area contributed by atoms with Crippen molar-refractivity contribution < 1.29 is 9.90 Å². The molecule has 4 aliphatic rings. The van der Waals surface area contributed by atoms with Crippen molar-refractivity contribution in [1.82, 2.24) is 19.8 Å². The first-order chi connectivity index (χ1) is 17.0. The Labute approximate surface area is 204 Å². The summed E-state index contributed by atoms with van der Waals surface area (Å²) in [7, 11) is 0. The zero-order chi connectivity index (χ0) is 24.1. The molecule has 1 amide bonds. The Balaban J connectivity index is 1.35. The van der Waals surface area contributed by atoms with Crippen molar-refractivity contribution in [2.75, 3.05) is 0 Å². The van der Waals surface area contributed by atoms with Gasteiger partial charge in [-0.25, -0.2) is 0 Å². The molecule has 182 valence electrons. The average molecular weight is 473 g/mol. The summed E-state index contributed by atoms with van der Waals surface area (Å²) in [6.45, 7) is 2.30. The van der Waals surface area contributed by atoms with Gasteiger partial charge < -0.3 is 15.0 Å². The summed E-state index contributed by atoms with van der Waals surface area (Å²) in [6, 6.07) is 13.7. The fraction of sp³-hybridized carbons (Fsp3) is 0.464. The molecule has 4 bridgehead atoms. The number of hydrogen-bond donors (Lipinski definition) is 2. The normalized spacial score (nSPS) is 26.2. The molecule has 2 N–H and O–H groups in total. The maximum atomic E-state index is 13.6. The number of carbonyl (C=O) groups excluding carboxylic acids is 1. The van der Waals surface area contributed by atoms with Gasteiger partial charge in [0.1, 0.15) is 11.3 Å². The molecule has 0 radical (unpaired) electrons. The smallest absolute Gasteiger partial charge is 0.268 e. The van der Waals surface area contributed by atoms with Crippen LogP contribution >= 0.6 is 0 Å². The van der Waals surface area contributed by atoms with Crippen LogP contribution in [0, 0.1) is 11.8 Å². The second kappa shape index (κ2) is 8.79. The van der Waals surface area contributed by atoms with Gasteiger partial charge in [0.05, 0.1) is 23.9 Å². The van der Waals surface area contributed by atoms with E-state index in [1.54, 1.807) is 24.4 Å². The van der Waals surface area contributed by atoms with Crippen molar-refractivity contribution in [3.05, 3.63) is 70.3 Å². The number of aromatic hydroxyl groups is 1. The number of nitrogens with zero attached hydrogens (tertiary/aromatic N) is 3. The number of para-hydroxylation sites is 1. The van der Waals surface area contributed by atoms with Crippen LogP contribution in [0.2, 0.25) is 0 Å². The Hall–Kier alpha value is -3.19. The summed E-state index contributed by atoms with van der Waals surface area (Å²) in [4.78, 5) is 34.1. The van der Waals surface area contributed by atoms with Crippen LogP contribution in [-0.4, -0.2) is 43.7 Å². The van der Waals surface area contributed by atoms with E-state index in [0.29, 0.717) is 28.7 Å². The standard InChI is InChI=1S/C28H32N4O3/c1-2-24(32-20-12-17-11-18(14-20)15-21(32)13-17)30-27(34)25-26(33)22-8-3-4-9-23(22)31(28(25)35)16-19-7-5-6-10-29-19/h3-10,17-18,20-21,24,33H,2,11-16H2,1H3,(H,30,34). The molecule has 7 heteroatoms. The molecule has 0 spiro atoms. The molecule has 2 saturated carbocycles. The lowest BCUT2D eigenvalue weighted by molar-refractivity contribution is -0.0875. The summed E-state index contributed by atoms with van der Waals surface area (Å²) in [5.74, 6) is 0.888. The Morgan fingerprint density at radius 2 is 1.74 bits per heavy atom. The highest BCUT2D eigenvalue weighted by atomic mass is 16.3. The van der Waals surface area contributed by atoms with Gasteiger partial charge in [-0.05, 0) is 74.6 Å². The van der Waals surface area contributed by atoms with Crippen molar-refractivity contribution in [3.8, 4) is 5.75 Å². The number of fused-ring (bicyclic) bond motifs is 1. The lowest BCUT2D eigenvalue weighted by atomic mass is 9.63. The largest absolute Gasteiger partial charge is 0.506 e. The maximum Gasteiger partial charge on any atom is 0.268 e. The quantitative estimate of drug-likeness (QED) is 0.569. The third-order valence-corrected chi connectivity index (χ3v) is 8.39. The monoisotopic (exact) mass is 472 g/mol. The lowest BCUT2D eigenvalue weighted by Gasteiger charge is -2.58. The average Bonchev–Trinajstić information content (AvgIpc) is 2.86. The van der Waals surface area contributed by atoms with Gasteiger partial charge in [0.15, 0.2) is 0 Å². The Bertz CT molecular complexity index is 1290. The predicted molar refractivity (Wildman–Crippen MR) is 134 cm³/mol. The van der Waals surface area contributed by atoms with Crippen LogP contribution in [0.25, 0.3) is 10.9 Å². The molecule has 2 aliphatic carbocycles. The number of rotatable bonds is 6. The van der Waals surface area contributed by atoms with Gasteiger partial charge in [-0.2, -0.15) is 0 Å². The third-order valence-electron chi connectivity index (χ3n) is 8.39. The van der Waals surface area contributed by atoms with E-state index in [0.717, 1.165) is 18.3 Å². The first-order valence-corrected chi connectivity index (χ1v) is 12.9. The van der Waals surface area contributed by atoms with Crippen molar-refractivity contribution in [2.45, 2.75) is 70.2 Å². The highest BCUT2D eigenvalue weighted by molar-refractivity contribution is 6.02. The molecule has 3 aromatic rings. The van der Waals surface area contributed by atoms with Crippen molar-refractivity contribution in [3.63, 3.8) is 0 Å². The molecule has 4 fully saturated rings. The van der Waals surface area contributed by atoms with Crippen LogP contribution < -0.4 is 10.9 Å². The van der Waals surface area contributed by atoms with E-state index in [2.05, 4.69) is 22.1 Å². The van der Waals surface area contributed by atoms with E-state index < -0.39 is 11.5 Å². The summed E-state index contributed by atoms with van der Waals surface area (Å²) >= 11 is 0. The van der Waals surface area contributed by atoms with Crippen LogP contribution in [0.5, 0.6) is 5.75 Å². The van der Waals surface area contributed by atoms with E-state index >= 15 is 0 Å². The Kier molecular flexibility index (Phi) is 5.60. The number of amides is 1. The number of pyridine rings is 2. The minimum atomic E-state index is -0.506. The summed E-state index contributed by atoms with van der Waals surface area (Å²) < 4.78 is 1.54. The van der Waals surface area contributed by atoms with Crippen LogP contribution in [0.1, 0.15) is 61.5 Å². The first-order valence-electron chi connectivity index (χ1n) is 12.9. The van der Waals surface area contributed by atoms with Gasteiger partial charge in [-0.1, -0.05) is 25.1 Å². The fourth-order valence-electron chi connectivity index (χ4n) is 7.09. The molecule has 1 unspecified atom stereocenters. The SMILES string of the molecule is CCC(NC(=O)c1c(O)c2ccccc2n(Cc2ccccn2)c1=O)N1C2CC3CC(C2)CC1C3. The van der Waals surface area contributed by atoms with Gasteiger partial charge in [-0.15, -0.1) is 0 Å². The summed E-state index contributed by atoms with van der Waals surface area (Å²) in [5, 5.41) is 14.7. The zero-order valence-electron chi connectivity index (χ0n) is 20.1. The van der Waals surface area contributed by atoms with Crippen LogP contribution in [0.4, 0.5) is 0 Å². The lowest BCUT2D eigenvalue weighted by Crippen LogP contribution is -2.64. The molecule has 7 nitrogen and oxygen atoms in total. The Morgan fingerprint density at radius 3 is 2.40 bits per heavy atom. The molecule has 7 rings (SSSR count). The van der Waals surface area contributed by atoms with Gasteiger partial charge in [0.2, 0.25) is 0 Å². The second-order valence-electron chi connectivity index (χ2n) is 10.5. The predicted octanol–water partition coefficient (Wildman–Crippen LogP) is 3.88. The van der Waals surface area contributed by atoms with Crippen LogP contribution in [0.3, 0.4) is 0 Å². The maximum absolute atomic E-state index is 13.6. The number of carbonyl (C=O) groups is 1. The summed E-state index contributed by atoms with van der Waals surface area (Å²) in [6.07, 6.45) is 8.48. The zero-order valence-corrected chi connectivity index (χ0v) is 20.1. The van der Waals surface area contributed by atoms with E-state index in [1.165, 1.54) is 36.7 Å². The van der Waals surface area contributed by atoms with E-state index in [4.69, 9.17) is 0 Å². The molecule has 2 saturated heterocycles. The van der Waals surface area contributed by atoms with E-state index in [-0.39, 0.29) is 24.0 Å². The number of aromatic nitrogens is 2. The number of hydrogen-bond acceptors (Lipinski definition) is 5. The molecule has 1 aromatic carbocycles. The minimum Gasteiger partial charge on any atom is -0.506 e. The highest BCUT2D eigenvalue weighted by Crippen LogP contribution is 2.49. The molecular weight excluding hydrogens is 440 g/mol. The fourth-order valence-corrected chi connectivity index (χ4v) is 7.09. The third kappa shape index (κ3) is 3.82. The molecule has 2 aliphatic heterocycles. The van der Waals surface area contributed by atoms with Gasteiger partial charge >= 0.3 is 0 Å². The molecule has 4 heterocycles.